The van der Waals surface area contributed by atoms with E-state index in [0.717, 1.165) is 16.9 Å². The van der Waals surface area contributed by atoms with Gasteiger partial charge in [0.2, 0.25) is 0 Å². The fraction of sp³-hybridized carbons (Fsp3) is 0.385. The summed E-state index contributed by atoms with van der Waals surface area (Å²) in [5.74, 6) is 0.126. The molecule has 90 valence electrons. The molecule has 0 saturated heterocycles. The van der Waals surface area contributed by atoms with E-state index in [2.05, 4.69) is 25.8 Å². The van der Waals surface area contributed by atoms with Gasteiger partial charge in [0, 0.05) is 11.6 Å². The van der Waals surface area contributed by atoms with Crippen LogP contribution in [-0.2, 0) is 16.6 Å². The lowest BCUT2D eigenvalue weighted by molar-refractivity contribution is -0.136. The molecule has 0 saturated carbocycles. The van der Waals surface area contributed by atoms with Gasteiger partial charge < -0.3 is 9.51 Å². The van der Waals surface area contributed by atoms with Gasteiger partial charge in [0.05, 0.1) is 18.1 Å². The summed E-state index contributed by atoms with van der Waals surface area (Å²) < 4.78 is 1.97. The van der Waals surface area contributed by atoms with Crippen molar-refractivity contribution in [1.82, 2.24) is 9.38 Å². The predicted molar refractivity (Wildman–Crippen MR) is 65.2 cm³/mol. The van der Waals surface area contributed by atoms with Crippen molar-refractivity contribution in [3.63, 3.8) is 0 Å². The van der Waals surface area contributed by atoms with E-state index in [4.69, 9.17) is 5.11 Å². The van der Waals surface area contributed by atoms with Gasteiger partial charge in [-0.25, -0.2) is 4.98 Å². The molecule has 0 amide bonds. The number of nitrogens with zero attached hydrogens (tertiary/aromatic N) is 2. The molecule has 0 aromatic carbocycles. The van der Waals surface area contributed by atoms with Crippen LogP contribution in [0.2, 0.25) is 0 Å². The molecule has 0 spiro atoms. The Bertz CT molecular complexity index is 564. The number of carbonyl (C=O) groups is 1. The first-order valence-corrected chi connectivity index (χ1v) is 5.56. The molecule has 0 aliphatic carbocycles. The summed E-state index contributed by atoms with van der Waals surface area (Å²) >= 11 is 0. The molecule has 1 N–H and O–H groups in total. The number of fused-ring (bicyclic) bond motifs is 1. The molecule has 2 aromatic heterocycles. The van der Waals surface area contributed by atoms with E-state index < -0.39 is 5.97 Å². The quantitative estimate of drug-likeness (QED) is 0.864. The summed E-state index contributed by atoms with van der Waals surface area (Å²) in [4.78, 5) is 15.1. The summed E-state index contributed by atoms with van der Waals surface area (Å²) in [5, 5.41) is 8.79. The Balaban J connectivity index is 2.54. The van der Waals surface area contributed by atoms with Crippen molar-refractivity contribution in [1.29, 1.82) is 0 Å². The molecule has 0 fully saturated rings. The molecule has 0 aliphatic rings. The molecule has 0 unspecified atom stereocenters. The second-order valence-corrected chi connectivity index (χ2v) is 5.23. The highest BCUT2D eigenvalue weighted by atomic mass is 16.4. The number of hydrogen-bond acceptors (Lipinski definition) is 2. The number of imidazole rings is 1. The van der Waals surface area contributed by atoms with Gasteiger partial charge in [-0.05, 0) is 11.6 Å². The van der Waals surface area contributed by atoms with Crippen LogP contribution in [0.1, 0.15) is 32.2 Å². The lowest BCUT2D eigenvalue weighted by atomic mass is 9.96. The maximum atomic E-state index is 10.7. The standard InChI is InChI=1S/C13H16N2O2/c1-13(2,3)12-14-7-10-5-4-9(6-11(16)17)8-15(10)12/h4-5,7-8H,6H2,1-3H3,(H,16,17). The molecule has 2 aromatic rings. The Labute approximate surface area is 99.9 Å². The van der Waals surface area contributed by atoms with E-state index in [0.29, 0.717) is 0 Å². The number of hydrogen-bond donors (Lipinski definition) is 1. The highest BCUT2D eigenvalue weighted by molar-refractivity contribution is 5.70. The van der Waals surface area contributed by atoms with Crippen LogP contribution in [0.15, 0.2) is 24.5 Å². The average Bonchev–Trinajstić information content (AvgIpc) is 2.58. The molecule has 4 heteroatoms. The Hall–Kier alpha value is -1.84. The summed E-state index contributed by atoms with van der Waals surface area (Å²) in [7, 11) is 0. The smallest absolute Gasteiger partial charge is 0.307 e. The van der Waals surface area contributed by atoms with Gasteiger partial charge in [0.25, 0.3) is 0 Å². The third-order valence-electron chi connectivity index (χ3n) is 2.61. The zero-order valence-electron chi connectivity index (χ0n) is 10.3. The SMILES string of the molecule is CC(C)(C)c1ncc2ccc(CC(=O)O)cn12. The van der Waals surface area contributed by atoms with Crippen LogP contribution in [0.4, 0.5) is 0 Å². The van der Waals surface area contributed by atoms with Crippen molar-refractivity contribution >= 4 is 11.5 Å². The number of rotatable bonds is 2. The van der Waals surface area contributed by atoms with Crippen molar-refractivity contribution in [3.05, 3.63) is 35.9 Å². The zero-order valence-corrected chi connectivity index (χ0v) is 10.3. The summed E-state index contributed by atoms with van der Waals surface area (Å²) in [5.41, 5.74) is 1.71. The summed E-state index contributed by atoms with van der Waals surface area (Å²) in [6.45, 7) is 6.27. The average molecular weight is 232 g/mol. The van der Waals surface area contributed by atoms with Crippen LogP contribution >= 0.6 is 0 Å². The van der Waals surface area contributed by atoms with Crippen LogP contribution in [0, 0.1) is 0 Å². The van der Waals surface area contributed by atoms with E-state index in [9.17, 15) is 4.79 Å². The Morgan fingerprint density at radius 1 is 1.41 bits per heavy atom. The fourth-order valence-corrected chi connectivity index (χ4v) is 1.87. The Kier molecular flexibility index (Phi) is 2.65. The van der Waals surface area contributed by atoms with Crippen LogP contribution in [0.5, 0.6) is 0 Å². The van der Waals surface area contributed by atoms with Crippen molar-refractivity contribution < 1.29 is 9.90 Å². The Morgan fingerprint density at radius 2 is 2.12 bits per heavy atom. The number of aromatic nitrogens is 2. The molecule has 0 bridgehead atoms. The lowest BCUT2D eigenvalue weighted by Gasteiger charge is -2.17. The van der Waals surface area contributed by atoms with Gasteiger partial charge in [0.1, 0.15) is 5.82 Å². The van der Waals surface area contributed by atoms with Crippen LogP contribution < -0.4 is 0 Å². The van der Waals surface area contributed by atoms with Crippen molar-refractivity contribution in [3.8, 4) is 0 Å². The number of carboxylic acid groups (broad SMARTS) is 1. The maximum Gasteiger partial charge on any atom is 0.307 e. The van der Waals surface area contributed by atoms with Crippen LogP contribution in [0.3, 0.4) is 0 Å². The maximum absolute atomic E-state index is 10.7. The minimum Gasteiger partial charge on any atom is -0.481 e. The first-order chi connectivity index (χ1) is 7.88. The van der Waals surface area contributed by atoms with E-state index in [1.54, 1.807) is 0 Å². The van der Waals surface area contributed by atoms with Crippen LogP contribution in [0.25, 0.3) is 5.52 Å². The molecule has 0 radical (unpaired) electrons. The molecule has 2 rings (SSSR count). The summed E-state index contributed by atoms with van der Waals surface area (Å²) in [6, 6.07) is 3.73. The zero-order chi connectivity index (χ0) is 12.6. The van der Waals surface area contributed by atoms with Gasteiger partial charge in [-0.1, -0.05) is 26.8 Å². The van der Waals surface area contributed by atoms with Gasteiger partial charge in [0.15, 0.2) is 0 Å². The first kappa shape index (κ1) is 11.6. The molecule has 0 aliphatic heterocycles. The molecular formula is C13H16N2O2. The largest absolute Gasteiger partial charge is 0.481 e. The van der Waals surface area contributed by atoms with Gasteiger partial charge in [-0.3, -0.25) is 4.79 Å². The second-order valence-electron chi connectivity index (χ2n) is 5.23. The molecule has 17 heavy (non-hydrogen) atoms. The second kappa shape index (κ2) is 3.87. The highest BCUT2D eigenvalue weighted by Crippen LogP contribution is 2.22. The van der Waals surface area contributed by atoms with Gasteiger partial charge in [-0.2, -0.15) is 0 Å². The third kappa shape index (κ3) is 2.30. The Morgan fingerprint density at radius 3 is 2.71 bits per heavy atom. The van der Waals surface area contributed by atoms with Gasteiger partial charge >= 0.3 is 5.97 Å². The van der Waals surface area contributed by atoms with Gasteiger partial charge in [-0.15, -0.1) is 0 Å². The third-order valence-corrected chi connectivity index (χ3v) is 2.61. The van der Waals surface area contributed by atoms with Crippen molar-refractivity contribution in [2.75, 3.05) is 0 Å². The normalized spacial score (nSPS) is 11.9. The molecule has 0 atom stereocenters. The summed E-state index contributed by atoms with van der Waals surface area (Å²) in [6.07, 6.45) is 3.71. The number of carboxylic acids is 1. The lowest BCUT2D eigenvalue weighted by Crippen LogP contribution is -2.16. The van der Waals surface area contributed by atoms with E-state index in [1.165, 1.54) is 0 Å². The fourth-order valence-electron chi connectivity index (χ4n) is 1.87. The van der Waals surface area contributed by atoms with Crippen molar-refractivity contribution in [2.24, 2.45) is 0 Å². The molecular weight excluding hydrogens is 216 g/mol. The minimum absolute atomic E-state index is 0.0394. The topological polar surface area (TPSA) is 54.6 Å². The minimum atomic E-state index is -0.818. The predicted octanol–water partition coefficient (Wildman–Crippen LogP) is 2.26. The molecule has 2 heterocycles. The highest BCUT2D eigenvalue weighted by Gasteiger charge is 2.19. The van der Waals surface area contributed by atoms with Crippen LogP contribution in [-0.4, -0.2) is 20.5 Å². The monoisotopic (exact) mass is 232 g/mol. The first-order valence-electron chi connectivity index (χ1n) is 5.56. The van der Waals surface area contributed by atoms with E-state index in [-0.39, 0.29) is 11.8 Å². The number of pyridine rings is 1. The molecule has 4 nitrogen and oxygen atoms in total. The van der Waals surface area contributed by atoms with E-state index >= 15 is 0 Å². The van der Waals surface area contributed by atoms with Crippen molar-refractivity contribution in [2.45, 2.75) is 32.6 Å². The van der Waals surface area contributed by atoms with E-state index in [1.807, 2.05) is 28.9 Å². The number of aliphatic carboxylic acids is 1.